The fraction of sp³-hybridized carbons (Fsp3) is 0.524. The molecule has 1 aromatic heterocycles. The zero-order chi connectivity index (χ0) is 16.5. The van der Waals surface area contributed by atoms with Crippen molar-refractivity contribution in [3.8, 4) is 0 Å². The normalized spacial score (nSPS) is 23.9. The average molecular weight is 323 g/mol. The molecule has 0 spiro atoms. The molecule has 1 heterocycles. The van der Waals surface area contributed by atoms with E-state index in [2.05, 4.69) is 12.1 Å². The largest absolute Gasteiger partial charge is 0.381 e. The first-order valence-corrected chi connectivity index (χ1v) is 9.24. The van der Waals surface area contributed by atoms with E-state index in [0.29, 0.717) is 11.9 Å². The number of hydrogen-bond donors (Lipinski definition) is 0. The summed E-state index contributed by atoms with van der Waals surface area (Å²) in [6.07, 6.45) is 8.92. The lowest BCUT2D eigenvalue weighted by molar-refractivity contribution is 0.0519. The number of carbonyl (C=O) groups excluding carboxylic acids is 1. The summed E-state index contributed by atoms with van der Waals surface area (Å²) in [7, 11) is 1.77. The summed E-state index contributed by atoms with van der Waals surface area (Å²) in [6, 6.07) is 8.31. The van der Waals surface area contributed by atoms with Gasteiger partial charge in [0, 0.05) is 29.7 Å². The van der Waals surface area contributed by atoms with Crippen molar-refractivity contribution in [3.05, 3.63) is 41.1 Å². The Bertz CT molecular complexity index is 760. The quantitative estimate of drug-likeness (QED) is 0.781. The molecule has 0 radical (unpaired) electrons. The first-order valence-electron chi connectivity index (χ1n) is 9.24. The summed E-state index contributed by atoms with van der Waals surface area (Å²) in [5, 5.41) is 1.12. The Morgan fingerprint density at radius 1 is 1.08 bits per heavy atom. The van der Waals surface area contributed by atoms with Crippen LogP contribution in [-0.4, -0.2) is 24.0 Å². The molecule has 1 aromatic carbocycles. The van der Waals surface area contributed by atoms with E-state index >= 15 is 0 Å². The van der Waals surface area contributed by atoms with E-state index in [1.807, 2.05) is 12.1 Å². The van der Waals surface area contributed by atoms with Crippen LogP contribution in [0.2, 0.25) is 0 Å². The molecule has 0 unspecified atom stereocenters. The van der Waals surface area contributed by atoms with E-state index in [9.17, 15) is 4.79 Å². The van der Waals surface area contributed by atoms with Crippen LogP contribution >= 0.6 is 0 Å². The number of hydrogen-bond acceptors (Lipinski definition) is 3. The van der Waals surface area contributed by atoms with E-state index in [1.165, 1.54) is 24.1 Å². The zero-order valence-corrected chi connectivity index (χ0v) is 14.4. The lowest BCUT2D eigenvalue weighted by atomic mass is 9.82. The van der Waals surface area contributed by atoms with Gasteiger partial charge in [0.2, 0.25) is 0 Å². The third-order valence-corrected chi connectivity index (χ3v) is 5.76. The minimum absolute atomic E-state index is 0.152. The van der Waals surface area contributed by atoms with Crippen LogP contribution in [0.4, 0.5) is 0 Å². The lowest BCUT2D eigenvalue weighted by Gasteiger charge is -2.26. The van der Waals surface area contributed by atoms with Crippen molar-refractivity contribution < 1.29 is 9.53 Å². The molecule has 0 amide bonds. The van der Waals surface area contributed by atoms with Crippen molar-refractivity contribution in [2.75, 3.05) is 7.11 Å². The number of ether oxygens (including phenoxy) is 1. The highest BCUT2D eigenvalue weighted by molar-refractivity contribution is 6.01. The predicted octanol–water partition coefficient (Wildman–Crippen LogP) is 4.50. The molecule has 2 aliphatic carbocycles. The molecule has 0 aliphatic heterocycles. The van der Waals surface area contributed by atoms with Gasteiger partial charge >= 0.3 is 0 Å². The van der Waals surface area contributed by atoms with Crippen LogP contribution in [0.25, 0.3) is 10.9 Å². The van der Waals surface area contributed by atoms with Crippen molar-refractivity contribution in [2.45, 2.75) is 57.5 Å². The van der Waals surface area contributed by atoms with Crippen molar-refractivity contribution in [2.24, 2.45) is 5.92 Å². The standard InChI is InChI=1S/C21H25NO2/c1-24-18-9-6-14(7-10-18)21(23)16-8-11-20-17(13-16)12-15-4-2-3-5-19(15)22-20/h8,11-14,18H,2-7,9-10H2,1H3. The van der Waals surface area contributed by atoms with Crippen LogP contribution in [-0.2, 0) is 17.6 Å². The van der Waals surface area contributed by atoms with Gasteiger partial charge in [0.1, 0.15) is 0 Å². The van der Waals surface area contributed by atoms with Gasteiger partial charge in [-0.05, 0) is 81.2 Å². The maximum Gasteiger partial charge on any atom is 0.165 e. The summed E-state index contributed by atoms with van der Waals surface area (Å²) in [5.41, 5.74) is 4.50. The highest BCUT2D eigenvalue weighted by atomic mass is 16.5. The van der Waals surface area contributed by atoms with Crippen LogP contribution in [0.5, 0.6) is 0 Å². The van der Waals surface area contributed by atoms with Gasteiger partial charge in [-0.1, -0.05) is 0 Å². The number of carbonyl (C=O) groups is 1. The van der Waals surface area contributed by atoms with Crippen LogP contribution in [0.15, 0.2) is 24.3 Å². The monoisotopic (exact) mass is 323 g/mol. The lowest BCUT2D eigenvalue weighted by Crippen LogP contribution is -2.25. The van der Waals surface area contributed by atoms with Crippen molar-refractivity contribution in [3.63, 3.8) is 0 Å². The second kappa shape index (κ2) is 6.64. The number of ketones is 1. The summed E-state index contributed by atoms with van der Waals surface area (Å²) in [5.74, 6) is 0.448. The SMILES string of the molecule is COC1CCC(C(=O)c2ccc3nc4c(cc3c2)CCCC4)CC1. The number of nitrogens with zero attached hydrogens (tertiary/aromatic N) is 1. The Balaban J connectivity index is 1.59. The van der Waals surface area contributed by atoms with Gasteiger partial charge < -0.3 is 4.74 Å². The molecule has 0 N–H and O–H groups in total. The Hall–Kier alpha value is -1.74. The van der Waals surface area contributed by atoms with Crippen molar-refractivity contribution in [1.29, 1.82) is 0 Å². The molecule has 24 heavy (non-hydrogen) atoms. The van der Waals surface area contributed by atoms with E-state index in [0.717, 1.165) is 55.0 Å². The highest BCUT2D eigenvalue weighted by Crippen LogP contribution is 2.30. The topological polar surface area (TPSA) is 39.2 Å². The third kappa shape index (κ3) is 2.98. The van der Waals surface area contributed by atoms with Gasteiger partial charge in [0.25, 0.3) is 0 Å². The summed E-state index contributed by atoms with van der Waals surface area (Å²) in [4.78, 5) is 17.7. The first kappa shape index (κ1) is 15.8. The van der Waals surface area contributed by atoms with Gasteiger partial charge in [-0.25, -0.2) is 0 Å². The average Bonchev–Trinajstić information content (AvgIpc) is 2.65. The summed E-state index contributed by atoms with van der Waals surface area (Å²) >= 11 is 0. The molecule has 1 saturated carbocycles. The van der Waals surface area contributed by atoms with E-state index in [4.69, 9.17) is 9.72 Å². The molecular weight excluding hydrogens is 298 g/mol. The van der Waals surface area contributed by atoms with Crippen LogP contribution in [0, 0.1) is 5.92 Å². The number of aryl methyl sites for hydroxylation is 2. The maximum absolute atomic E-state index is 12.9. The predicted molar refractivity (Wildman–Crippen MR) is 95.5 cm³/mol. The molecule has 2 aromatic rings. The van der Waals surface area contributed by atoms with Crippen LogP contribution < -0.4 is 0 Å². The number of rotatable bonds is 3. The maximum atomic E-state index is 12.9. The van der Waals surface area contributed by atoms with Crippen LogP contribution in [0.1, 0.15) is 60.1 Å². The van der Waals surface area contributed by atoms with E-state index in [-0.39, 0.29) is 5.92 Å². The van der Waals surface area contributed by atoms with Crippen LogP contribution in [0.3, 0.4) is 0 Å². The van der Waals surface area contributed by atoms with Gasteiger partial charge in [0.15, 0.2) is 5.78 Å². The molecule has 3 nitrogen and oxygen atoms in total. The molecular formula is C21H25NO2. The number of aromatic nitrogens is 1. The second-order valence-electron chi connectivity index (χ2n) is 7.28. The summed E-state index contributed by atoms with van der Waals surface area (Å²) < 4.78 is 5.42. The minimum Gasteiger partial charge on any atom is -0.381 e. The van der Waals surface area contributed by atoms with Gasteiger partial charge in [-0.3, -0.25) is 9.78 Å². The first-order chi connectivity index (χ1) is 11.7. The molecule has 0 bridgehead atoms. The molecule has 4 rings (SSSR count). The number of methoxy groups -OCH3 is 1. The fourth-order valence-corrected chi connectivity index (χ4v) is 4.25. The molecule has 1 fully saturated rings. The van der Waals surface area contributed by atoms with Crippen molar-refractivity contribution in [1.82, 2.24) is 4.98 Å². The van der Waals surface area contributed by atoms with Gasteiger partial charge in [-0.15, -0.1) is 0 Å². The van der Waals surface area contributed by atoms with Gasteiger partial charge in [-0.2, -0.15) is 0 Å². The summed E-state index contributed by atoms with van der Waals surface area (Å²) in [6.45, 7) is 0. The highest BCUT2D eigenvalue weighted by Gasteiger charge is 2.27. The molecule has 126 valence electrons. The van der Waals surface area contributed by atoms with E-state index in [1.54, 1.807) is 7.11 Å². The number of pyridine rings is 1. The Kier molecular flexibility index (Phi) is 4.36. The minimum atomic E-state index is 0.152. The fourth-order valence-electron chi connectivity index (χ4n) is 4.25. The number of Topliss-reactive ketones (excluding diaryl/α,β-unsaturated/α-hetero) is 1. The molecule has 0 atom stereocenters. The smallest absolute Gasteiger partial charge is 0.165 e. The molecule has 0 saturated heterocycles. The third-order valence-electron chi connectivity index (χ3n) is 5.76. The Labute approximate surface area is 143 Å². The van der Waals surface area contributed by atoms with Gasteiger partial charge in [0.05, 0.1) is 11.6 Å². The Morgan fingerprint density at radius 3 is 2.67 bits per heavy atom. The van der Waals surface area contributed by atoms with Crippen molar-refractivity contribution >= 4 is 16.7 Å². The second-order valence-corrected chi connectivity index (χ2v) is 7.28. The number of benzene rings is 1. The zero-order valence-electron chi connectivity index (χ0n) is 14.4. The number of fused-ring (bicyclic) bond motifs is 2. The van der Waals surface area contributed by atoms with E-state index < -0.39 is 0 Å². The molecule has 3 heteroatoms. The molecule has 2 aliphatic rings. The Morgan fingerprint density at radius 2 is 1.88 bits per heavy atom.